The van der Waals surface area contributed by atoms with Crippen LogP contribution in [0.4, 0.5) is 0 Å². The maximum Gasteiger partial charge on any atom is 0.142 e. The van der Waals surface area contributed by atoms with E-state index in [9.17, 15) is 0 Å². The summed E-state index contributed by atoms with van der Waals surface area (Å²) in [5.74, 6) is 0.750. The largest absolute Gasteiger partial charge is 0.489 e. The first-order chi connectivity index (χ1) is 7.38. The van der Waals surface area contributed by atoms with Crippen LogP contribution in [0.1, 0.15) is 18.9 Å². The van der Waals surface area contributed by atoms with E-state index in [4.69, 9.17) is 15.2 Å². The van der Waals surface area contributed by atoms with E-state index >= 15 is 0 Å². The lowest BCUT2D eigenvalue weighted by atomic mass is 10.2. The van der Waals surface area contributed by atoms with E-state index in [0.29, 0.717) is 19.8 Å². The minimum Gasteiger partial charge on any atom is -0.489 e. The molecular weight excluding hydrogens is 192 g/mol. The summed E-state index contributed by atoms with van der Waals surface area (Å²) in [7, 11) is 0. The number of nitrogens with two attached hydrogens (primary N) is 1. The van der Waals surface area contributed by atoms with Gasteiger partial charge in [0.05, 0.1) is 12.8 Å². The smallest absolute Gasteiger partial charge is 0.142 e. The molecule has 4 nitrogen and oxygen atoms in total. The summed E-state index contributed by atoms with van der Waals surface area (Å²) >= 11 is 0. The molecule has 2 N–H and O–H groups in total. The van der Waals surface area contributed by atoms with Gasteiger partial charge in [-0.2, -0.15) is 0 Å². The number of aromatic nitrogens is 1. The average Bonchev–Trinajstić information content (AvgIpc) is 2.29. The Hall–Kier alpha value is -1.13. The van der Waals surface area contributed by atoms with E-state index < -0.39 is 0 Å². The Balaban J connectivity index is 2.30. The van der Waals surface area contributed by atoms with Crippen LogP contribution in [0, 0.1) is 0 Å². The third-order valence-corrected chi connectivity index (χ3v) is 1.92. The van der Waals surface area contributed by atoms with E-state index in [1.54, 1.807) is 12.4 Å². The molecule has 0 aromatic carbocycles. The molecule has 0 bridgehead atoms. The maximum atomic E-state index is 5.56. The number of hydrogen-bond acceptors (Lipinski definition) is 4. The highest BCUT2D eigenvalue weighted by molar-refractivity contribution is 5.29. The fourth-order valence-electron chi connectivity index (χ4n) is 1.16. The lowest BCUT2D eigenvalue weighted by Crippen LogP contribution is -2.09. The van der Waals surface area contributed by atoms with Crippen LogP contribution in [0.5, 0.6) is 5.75 Å². The Morgan fingerprint density at radius 1 is 1.33 bits per heavy atom. The molecule has 4 heteroatoms. The van der Waals surface area contributed by atoms with Crippen molar-refractivity contribution < 1.29 is 9.47 Å². The average molecular weight is 210 g/mol. The summed E-state index contributed by atoms with van der Waals surface area (Å²) in [6, 6.07) is 1.86. The van der Waals surface area contributed by atoms with E-state index in [0.717, 1.165) is 24.3 Å². The predicted octanol–water partition coefficient (Wildman–Crippen LogP) is 1.35. The van der Waals surface area contributed by atoms with E-state index in [-0.39, 0.29) is 0 Å². The summed E-state index contributed by atoms with van der Waals surface area (Å²) in [5, 5.41) is 0. The number of rotatable bonds is 7. The SMILES string of the molecule is CCCOCCOc1cnccc1CN. The van der Waals surface area contributed by atoms with Crippen molar-refractivity contribution in [2.24, 2.45) is 5.73 Å². The molecule has 0 aliphatic carbocycles. The summed E-state index contributed by atoms with van der Waals surface area (Å²) in [6.07, 6.45) is 4.42. The summed E-state index contributed by atoms with van der Waals surface area (Å²) in [6.45, 7) is 4.47. The Kier molecular flexibility index (Phi) is 5.73. The van der Waals surface area contributed by atoms with Gasteiger partial charge in [-0.15, -0.1) is 0 Å². The third kappa shape index (κ3) is 4.27. The summed E-state index contributed by atoms with van der Waals surface area (Å²) < 4.78 is 10.8. The van der Waals surface area contributed by atoms with Gasteiger partial charge in [0.1, 0.15) is 12.4 Å². The van der Waals surface area contributed by atoms with Gasteiger partial charge >= 0.3 is 0 Å². The van der Waals surface area contributed by atoms with Crippen LogP contribution in [0.3, 0.4) is 0 Å². The molecule has 0 amide bonds. The quantitative estimate of drug-likeness (QED) is 0.690. The van der Waals surface area contributed by atoms with Crippen molar-refractivity contribution >= 4 is 0 Å². The Bertz CT molecular complexity index is 279. The highest BCUT2D eigenvalue weighted by Crippen LogP contribution is 2.14. The minimum absolute atomic E-state index is 0.466. The van der Waals surface area contributed by atoms with E-state index in [1.165, 1.54) is 0 Å². The fourth-order valence-corrected chi connectivity index (χ4v) is 1.16. The van der Waals surface area contributed by atoms with Crippen molar-refractivity contribution in [3.8, 4) is 5.75 Å². The molecule has 0 fully saturated rings. The zero-order valence-electron chi connectivity index (χ0n) is 9.11. The molecule has 0 radical (unpaired) electrons. The van der Waals surface area contributed by atoms with Crippen LogP contribution in [-0.2, 0) is 11.3 Å². The van der Waals surface area contributed by atoms with Crippen molar-refractivity contribution in [3.63, 3.8) is 0 Å². The normalized spacial score (nSPS) is 10.3. The lowest BCUT2D eigenvalue weighted by molar-refractivity contribution is 0.100. The fraction of sp³-hybridized carbons (Fsp3) is 0.545. The molecular formula is C11H18N2O2. The molecule has 0 saturated heterocycles. The summed E-state index contributed by atoms with van der Waals surface area (Å²) in [5.41, 5.74) is 6.54. The molecule has 1 aromatic rings. The van der Waals surface area contributed by atoms with E-state index in [1.807, 2.05) is 6.07 Å². The number of hydrogen-bond donors (Lipinski definition) is 1. The molecule has 0 aliphatic rings. The van der Waals surface area contributed by atoms with Gasteiger partial charge in [-0.05, 0) is 12.5 Å². The van der Waals surface area contributed by atoms with Gasteiger partial charge in [0.2, 0.25) is 0 Å². The van der Waals surface area contributed by atoms with Crippen molar-refractivity contribution in [1.82, 2.24) is 4.98 Å². The molecule has 15 heavy (non-hydrogen) atoms. The van der Waals surface area contributed by atoms with Crippen LogP contribution >= 0.6 is 0 Å². The van der Waals surface area contributed by atoms with Crippen molar-refractivity contribution in [3.05, 3.63) is 24.0 Å². The Morgan fingerprint density at radius 2 is 2.20 bits per heavy atom. The van der Waals surface area contributed by atoms with E-state index in [2.05, 4.69) is 11.9 Å². The molecule has 84 valence electrons. The van der Waals surface area contributed by atoms with Gasteiger partial charge < -0.3 is 15.2 Å². The predicted molar refractivity (Wildman–Crippen MR) is 58.7 cm³/mol. The van der Waals surface area contributed by atoms with Crippen LogP contribution < -0.4 is 10.5 Å². The van der Waals surface area contributed by atoms with Gasteiger partial charge in [0, 0.05) is 24.9 Å². The molecule has 0 spiro atoms. The first-order valence-corrected chi connectivity index (χ1v) is 5.22. The number of pyridine rings is 1. The van der Waals surface area contributed by atoms with Crippen LogP contribution in [0.2, 0.25) is 0 Å². The van der Waals surface area contributed by atoms with Crippen LogP contribution in [0.15, 0.2) is 18.5 Å². The first-order valence-electron chi connectivity index (χ1n) is 5.22. The second-order valence-electron chi connectivity index (χ2n) is 3.15. The third-order valence-electron chi connectivity index (χ3n) is 1.92. The highest BCUT2D eigenvalue weighted by Gasteiger charge is 2.00. The zero-order valence-corrected chi connectivity index (χ0v) is 9.11. The van der Waals surface area contributed by atoms with Crippen molar-refractivity contribution in [2.75, 3.05) is 19.8 Å². The molecule has 1 heterocycles. The topological polar surface area (TPSA) is 57.4 Å². The minimum atomic E-state index is 0.466. The zero-order chi connectivity index (χ0) is 10.9. The highest BCUT2D eigenvalue weighted by atomic mass is 16.5. The molecule has 0 saturated carbocycles. The number of nitrogens with zero attached hydrogens (tertiary/aromatic N) is 1. The van der Waals surface area contributed by atoms with Crippen LogP contribution in [-0.4, -0.2) is 24.8 Å². The van der Waals surface area contributed by atoms with Crippen molar-refractivity contribution in [1.29, 1.82) is 0 Å². The molecule has 0 unspecified atom stereocenters. The van der Waals surface area contributed by atoms with Gasteiger partial charge in [-0.3, -0.25) is 4.98 Å². The Morgan fingerprint density at radius 3 is 2.93 bits per heavy atom. The van der Waals surface area contributed by atoms with Gasteiger partial charge in [0.25, 0.3) is 0 Å². The molecule has 1 aromatic heterocycles. The monoisotopic (exact) mass is 210 g/mol. The Labute approximate surface area is 90.4 Å². The standard InChI is InChI=1S/C11H18N2O2/c1-2-5-14-6-7-15-11-9-13-4-3-10(11)8-12/h3-4,9H,2,5-8,12H2,1H3. The second-order valence-corrected chi connectivity index (χ2v) is 3.15. The molecule has 1 rings (SSSR count). The second kappa shape index (κ2) is 7.20. The van der Waals surface area contributed by atoms with Crippen LogP contribution in [0.25, 0.3) is 0 Å². The van der Waals surface area contributed by atoms with Crippen molar-refractivity contribution in [2.45, 2.75) is 19.9 Å². The van der Waals surface area contributed by atoms with Gasteiger partial charge in [-0.25, -0.2) is 0 Å². The summed E-state index contributed by atoms with van der Waals surface area (Å²) in [4.78, 5) is 3.99. The first kappa shape index (κ1) is 11.9. The molecule has 0 aliphatic heterocycles. The van der Waals surface area contributed by atoms with Gasteiger partial charge in [-0.1, -0.05) is 6.92 Å². The molecule has 0 atom stereocenters. The van der Waals surface area contributed by atoms with Gasteiger partial charge in [0.15, 0.2) is 0 Å². The maximum absolute atomic E-state index is 5.56. The number of ether oxygens (including phenoxy) is 2. The lowest BCUT2D eigenvalue weighted by Gasteiger charge is -2.09.